The number of hydrogen-bond acceptors (Lipinski definition) is 6. The number of rotatable bonds is 7. The van der Waals surface area contributed by atoms with Crippen LogP contribution in [0.2, 0.25) is 0 Å². The number of aryl methyl sites for hydroxylation is 1. The highest BCUT2D eigenvalue weighted by Crippen LogP contribution is 2.41. The molecule has 37 heavy (non-hydrogen) atoms. The second-order valence-corrected chi connectivity index (χ2v) is 9.47. The molecule has 0 saturated carbocycles. The van der Waals surface area contributed by atoms with E-state index in [-0.39, 0.29) is 30.4 Å². The van der Waals surface area contributed by atoms with Crippen LogP contribution in [0, 0.1) is 6.92 Å². The minimum Gasteiger partial charge on any atom is -0.494 e. The molecule has 7 heteroatoms. The number of carbonyl (C=O) groups excluding carboxylic acids is 1. The number of amides is 1. The Balaban J connectivity index is 1.44. The predicted molar refractivity (Wildman–Crippen MR) is 138 cm³/mol. The molecule has 0 bridgehead atoms. The molecule has 0 radical (unpaired) electrons. The molecule has 188 valence electrons. The van der Waals surface area contributed by atoms with Gasteiger partial charge in [0.15, 0.2) is 16.9 Å². The average molecular weight is 498 g/mol. The minimum absolute atomic E-state index is 0.0929. The van der Waals surface area contributed by atoms with Crippen LogP contribution in [0.25, 0.3) is 11.0 Å². The van der Waals surface area contributed by atoms with Gasteiger partial charge in [-0.2, -0.15) is 0 Å². The highest BCUT2D eigenvalue weighted by atomic mass is 16.7. The standard InChI is InChI=1S/C30H27NO6/c1-3-4-13-34-21-9-7-20(8-10-21)27-26-28(32)22-14-18(2)5-11-23(22)37-29(26)30(33)31(27)16-19-6-12-24-25(15-19)36-17-35-24/h5-12,14-15,27H,3-4,13,16-17H2,1-2H3. The molecule has 6 rings (SSSR count). The van der Waals surface area contributed by atoms with Gasteiger partial charge in [-0.1, -0.05) is 43.2 Å². The molecule has 0 fully saturated rings. The number of fused-ring (bicyclic) bond motifs is 3. The van der Waals surface area contributed by atoms with Gasteiger partial charge in [-0.05, 0) is 60.9 Å². The topological polar surface area (TPSA) is 78.2 Å². The van der Waals surface area contributed by atoms with Crippen molar-refractivity contribution in [2.24, 2.45) is 0 Å². The molecule has 2 aliphatic rings. The third kappa shape index (κ3) is 4.10. The minimum atomic E-state index is -0.598. The molecule has 0 N–H and O–H groups in total. The molecule has 0 spiro atoms. The van der Waals surface area contributed by atoms with Crippen LogP contribution in [0.1, 0.15) is 58.6 Å². The smallest absolute Gasteiger partial charge is 0.291 e. The Bertz CT molecular complexity index is 1560. The fourth-order valence-corrected chi connectivity index (χ4v) is 4.96. The Hall–Kier alpha value is -4.26. The molecule has 1 unspecified atom stereocenters. The normalized spacial score (nSPS) is 15.9. The van der Waals surface area contributed by atoms with E-state index < -0.39 is 6.04 Å². The van der Waals surface area contributed by atoms with Gasteiger partial charge in [0.25, 0.3) is 5.91 Å². The highest BCUT2D eigenvalue weighted by molar-refractivity contribution is 5.99. The first-order valence-electron chi connectivity index (χ1n) is 12.5. The van der Waals surface area contributed by atoms with E-state index in [2.05, 4.69) is 6.92 Å². The first kappa shape index (κ1) is 23.2. The summed E-state index contributed by atoms with van der Waals surface area (Å²) in [6.45, 7) is 5.14. The van der Waals surface area contributed by atoms with Gasteiger partial charge in [0.1, 0.15) is 11.3 Å². The summed E-state index contributed by atoms with van der Waals surface area (Å²) in [5.74, 6) is 1.84. The van der Waals surface area contributed by atoms with Crippen molar-refractivity contribution in [2.75, 3.05) is 13.4 Å². The van der Waals surface area contributed by atoms with Crippen LogP contribution < -0.4 is 19.6 Å². The van der Waals surface area contributed by atoms with Crippen molar-refractivity contribution in [1.82, 2.24) is 4.90 Å². The maximum atomic E-state index is 13.8. The van der Waals surface area contributed by atoms with Crippen LogP contribution in [0.5, 0.6) is 17.2 Å². The summed E-state index contributed by atoms with van der Waals surface area (Å²) < 4.78 is 22.9. The van der Waals surface area contributed by atoms with E-state index in [4.69, 9.17) is 18.6 Å². The lowest BCUT2D eigenvalue weighted by Crippen LogP contribution is -2.29. The number of benzene rings is 3. The van der Waals surface area contributed by atoms with Gasteiger partial charge < -0.3 is 23.5 Å². The van der Waals surface area contributed by atoms with E-state index in [1.54, 1.807) is 11.0 Å². The fourth-order valence-electron chi connectivity index (χ4n) is 4.96. The van der Waals surface area contributed by atoms with Crippen molar-refractivity contribution >= 4 is 16.9 Å². The first-order valence-corrected chi connectivity index (χ1v) is 12.5. The van der Waals surface area contributed by atoms with Gasteiger partial charge in [0.05, 0.1) is 23.6 Å². The van der Waals surface area contributed by atoms with Crippen LogP contribution in [-0.2, 0) is 6.54 Å². The SMILES string of the molecule is CCCCOc1ccc(C2c3c(oc4ccc(C)cc4c3=O)C(=O)N2Cc2ccc3c(c2)OCO3)cc1. The zero-order valence-corrected chi connectivity index (χ0v) is 20.8. The second kappa shape index (κ2) is 9.32. The van der Waals surface area contributed by atoms with Crippen LogP contribution in [0.15, 0.2) is 69.9 Å². The average Bonchev–Trinajstić information content (AvgIpc) is 3.48. The van der Waals surface area contributed by atoms with E-state index in [9.17, 15) is 9.59 Å². The van der Waals surface area contributed by atoms with Gasteiger partial charge >= 0.3 is 0 Å². The largest absolute Gasteiger partial charge is 0.494 e. The zero-order chi connectivity index (χ0) is 25.5. The summed E-state index contributed by atoms with van der Waals surface area (Å²) in [6.07, 6.45) is 2.03. The number of ether oxygens (including phenoxy) is 3. The molecular weight excluding hydrogens is 470 g/mol. The van der Waals surface area contributed by atoms with E-state index >= 15 is 0 Å². The number of nitrogens with zero attached hydrogens (tertiary/aromatic N) is 1. The maximum Gasteiger partial charge on any atom is 0.291 e. The van der Waals surface area contributed by atoms with E-state index in [1.807, 2.05) is 61.5 Å². The quantitative estimate of drug-likeness (QED) is 0.302. The Morgan fingerprint density at radius 2 is 1.78 bits per heavy atom. The van der Waals surface area contributed by atoms with Crippen LogP contribution in [0.4, 0.5) is 0 Å². The van der Waals surface area contributed by atoms with Crippen molar-refractivity contribution < 1.29 is 23.4 Å². The molecule has 0 saturated heterocycles. The summed E-state index contributed by atoms with van der Waals surface area (Å²) in [7, 11) is 0. The van der Waals surface area contributed by atoms with Gasteiger partial charge in [0.2, 0.25) is 12.6 Å². The van der Waals surface area contributed by atoms with Gasteiger partial charge in [-0.15, -0.1) is 0 Å². The van der Waals surface area contributed by atoms with Gasteiger partial charge in [-0.3, -0.25) is 9.59 Å². The van der Waals surface area contributed by atoms with E-state index in [0.717, 1.165) is 35.3 Å². The highest BCUT2D eigenvalue weighted by Gasteiger charge is 2.42. The van der Waals surface area contributed by atoms with Crippen LogP contribution in [-0.4, -0.2) is 24.2 Å². The summed E-state index contributed by atoms with van der Waals surface area (Å²) >= 11 is 0. The molecule has 3 aromatic carbocycles. The Kier molecular flexibility index (Phi) is 5.83. The molecule has 1 atom stereocenters. The third-order valence-corrected chi connectivity index (χ3v) is 6.87. The lowest BCUT2D eigenvalue weighted by Gasteiger charge is -2.25. The number of carbonyl (C=O) groups is 1. The summed E-state index contributed by atoms with van der Waals surface area (Å²) in [5, 5.41) is 0.473. The summed E-state index contributed by atoms with van der Waals surface area (Å²) in [4.78, 5) is 29.2. The molecule has 1 aromatic heterocycles. The molecule has 0 aliphatic carbocycles. The van der Waals surface area contributed by atoms with E-state index in [1.165, 1.54) is 0 Å². The van der Waals surface area contributed by atoms with Crippen molar-refractivity contribution in [3.8, 4) is 17.2 Å². The molecule has 3 heterocycles. The Morgan fingerprint density at radius 3 is 2.59 bits per heavy atom. The summed E-state index contributed by atoms with van der Waals surface area (Å²) in [6, 6.07) is 18.1. The monoisotopic (exact) mass is 497 g/mol. The van der Waals surface area contributed by atoms with Crippen LogP contribution in [0.3, 0.4) is 0 Å². The number of unbranched alkanes of at least 4 members (excludes halogenated alkanes) is 1. The molecular formula is C30H27NO6. The summed E-state index contributed by atoms with van der Waals surface area (Å²) in [5.41, 5.74) is 3.22. The zero-order valence-electron chi connectivity index (χ0n) is 20.8. The second-order valence-electron chi connectivity index (χ2n) is 9.47. The first-order chi connectivity index (χ1) is 18.0. The van der Waals surface area contributed by atoms with Crippen LogP contribution >= 0.6 is 0 Å². The lowest BCUT2D eigenvalue weighted by molar-refractivity contribution is 0.0714. The van der Waals surface area contributed by atoms with Gasteiger partial charge in [0, 0.05) is 6.54 Å². The Morgan fingerprint density at radius 1 is 0.973 bits per heavy atom. The molecule has 7 nitrogen and oxygen atoms in total. The van der Waals surface area contributed by atoms with Crippen molar-refractivity contribution in [2.45, 2.75) is 39.3 Å². The molecule has 1 amide bonds. The van der Waals surface area contributed by atoms with E-state index in [0.29, 0.717) is 34.6 Å². The fraction of sp³-hybridized carbons (Fsp3) is 0.267. The third-order valence-electron chi connectivity index (χ3n) is 6.87. The lowest BCUT2D eigenvalue weighted by atomic mass is 9.97. The van der Waals surface area contributed by atoms with Crippen molar-refractivity contribution in [3.63, 3.8) is 0 Å². The van der Waals surface area contributed by atoms with Gasteiger partial charge in [-0.25, -0.2) is 0 Å². The number of hydrogen-bond donors (Lipinski definition) is 0. The molecule has 4 aromatic rings. The predicted octanol–water partition coefficient (Wildman–Crippen LogP) is 5.75. The van der Waals surface area contributed by atoms with Crippen molar-refractivity contribution in [3.05, 3.63) is 98.9 Å². The van der Waals surface area contributed by atoms with Crippen molar-refractivity contribution in [1.29, 1.82) is 0 Å². The Labute approximate surface area is 214 Å². The molecule has 2 aliphatic heterocycles. The maximum absolute atomic E-state index is 13.8.